The number of hydrogen-bond acceptors (Lipinski definition) is 5. The van der Waals surface area contributed by atoms with Crippen molar-refractivity contribution in [2.24, 2.45) is 0 Å². The Labute approximate surface area is 151 Å². The molecule has 7 heteroatoms. The summed E-state index contributed by atoms with van der Waals surface area (Å²) in [6.45, 7) is 4.08. The van der Waals surface area contributed by atoms with Crippen molar-refractivity contribution >= 4 is 17.7 Å². The van der Waals surface area contributed by atoms with Crippen LogP contribution in [0.4, 0.5) is 11.8 Å². The summed E-state index contributed by atoms with van der Waals surface area (Å²) in [4.78, 5) is 20.3. The number of nitrogens with zero attached hydrogens (tertiary/aromatic N) is 3. The average Bonchev–Trinajstić information content (AvgIpc) is 3.10. The van der Waals surface area contributed by atoms with Crippen molar-refractivity contribution in [1.29, 1.82) is 0 Å². The second-order valence-corrected chi connectivity index (χ2v) is 5.96. The van der Waals surface area contributed by atoms with Gasteiger partial charge in [-0.15, -0.1) is 0 Å². The summed E-state index contributed by atoms with van der Waals surface area (Å²) < 4.78 is 0. The molecule has 1 aromatic carbocycles. The normalized spacial score (nSPS) is 10.3. The van der Waals surface area contributed by atoms with Crippen molar-refractivity contribution in [1.82, 2.24) is 20.2 Å². The molecule has 2 heterocycles. The van der Waals surface area contributed by atoms with Gasteiger partial charge in [0.15, 0.2) is 5.82 Å². The molecular formula is C19H18N6O. The fourth-order valence-corrected chi connectivity index (χ4v) is 2.30. The molecule has 3 aromatic rings. The van der Waals surface area contributed by atoms with Crippen molar-refractivity contribution in [2.75, 3.05) is 11.1 Å². The van der Waals surface area contributed by atoms with Crippen molar-refractivity contribution in [3.63, 3.8) is 0 Å². The van der Waals surface area contributed by atoms with Crippen LogP contribution in [0.15, 0.2) is 42.9 Å². The molecule has 0 fully saturated rings. The number of hydrogen-bond donors (Lipinski definition) is 3. The summed E-state index contributed by atoms with van der Waals surface area (Å²) >= 11 is 0. The fourth-order valence-electron chi connectivity index (χ4n) is 2.30. The summed E-state index contributed by atoms with van der Waals surface area (Å²) in [6, 6.07) is 7.07. The van der Waals surface area contributed by atoms with Crippen LogP contribution in [0.5, 0.6) is 0 Å². The number of aromatic amines is 1. The number of carbonyl (C=O) groups is 1. The molecule has 2 aromatic heterocycles. The van der Waals surface area contributed by atoms with Crippen LogP contribution in [-0.2, 0) is 0 Å². The highest BCUT2D eigenvalue weighted by Crippen LogP contribution is 2.21. The first kappa shape index (κ1) is 17.2. The molecule has 1 amide bonds. The van der Waals surface area contributed by atoms with Crippen LogP contribution in [0.25, 0.3) is 0 Å². The topological polar surface area (TPSA) is 110 Å². The number of amides is 1. The van der Waals surface area contributed by atoms with E-state index in [0.29, 0.717) is 22.5 Å². The van der Waals surface area contributed by atoms with E-state index in [0.717, 1.165) is 5.56 Å². The Morgan fingerprint density at radius 1 is 1.19 bits per heavy atom. The van der Waals surface area contributed by atoms with Crippen molar-refractivity contribution in [3.05, 3.63) is 65.1 Å². The lowest BCUT2D eigenvalue weighted by Crippen LogP contribution is -2.13. The predicted octanol–water partition coefficient (Wildman–Crippen LogP) is 2.56. The van der Waals surface area contributed by atoms with Gasteiger partial charge in [-0.1, -0.05) is 31.8 Å². The quantitative estimate of drug-likeness (QED) is 0.631. The maximum absolute atomic E-state index is 12.5. The summed E-state index contributed by atoms with van der Waals surface area (Å²) in [7, 11) is 0. The average molecular weight is 346 g/mol. The Balaban J connectivity index is 1.77. The first-order valence-electron chi connectivity index (χ1n) is 8.07. The zero-order chi connectivity index (χ0) is 18.5. The van der Waals surface area contributed by atoms with E-state index in [9.17, 15) is 4.79 Å². The molecule has 0 saturated carbocycles. The summed E-state index contributed by atoms with van der Waals surface area (Å²) in [5.74, 6) is 6.70. The lowest BCUT2D eigenvalue weighted by molar-refractivity contribution is 0.102. The van der Waals surface area contributed by atoms with Gasteiger partial charge in [-0.25, -0.2) is 9.97 Å². The molecule has 3 rings (SSSR count). The Bertz CT molecular complexity index is 979. The largest absolute Gasteiger partial charge is 0.368 e. The monoisotopic (exact) mass is 346 g/mol. The van der Waals surface area contributed by atoms with Gasteiger partial charge in [-0.2, -0.15) is 5.10 Å². The zero-order valence-corrected chi connectivity index (χ0v) is 14.4. The van der Waals surface area contributed by atoms with Crippen LogP contribution in [0, 0.1) is 11.8 Å². The first-order valence-corrected chi connectivity index (χ1v) is 8.07. The number of rotatable bonds is 3. The SMILES string of the molecule is CC(C)c1c[nH]nc1NC(=O)c1cccc(C#Cc2cnc(N)nc2)c1. The lowest BCUT2D eigenvalue weighted by Gasteiger charge is -2.07. The minimum Gasteiger partial charge on any atom is -0.368 e. The van der Waals surface area contributed by atoms with Crippen LogP contribution in [0.2, 0.25) is 0 Å². The van der Waals surface area contributed by atoms with Gasteiger partial charge in [0, 0.05) is 35.3 Å². The minimum absolute atomic E-state index is 0.202. The van der Waals surface area contributed by atoms with Gasteiger partial charge >= 0.3 is 0 Å². The van der Waals surface area contributed by atoms with Gasteiger partial charge in [-0.3, -0.25) is 9.89 Å². The maximum Gasteiger partial charge on any atom is 0.256 e. The van der Waals surface area contributed by atoms with E-state index >= 15 is 0 Å². The molecule has 0 aliphatic carbocycles. The maximum atomic E-state index is 12.5. The standard InChI is InChI=1S/C19H18N6O/c1-12(2)16-11-23-25-17(16)24-18(26)15-5-3-4-13(8-15)6-7-14-9-21-19(20)22-10-14/h3-5,8-12H,1-2H3,(H2,20,21,22)(H2,23,24,25,26). The number of nitrogen functional groups attached to an aromatic ring is 1. The Hall–Kier alpha value is -3.66. The number of aromatic nitrogens is 4. The summed E-state index contributed by atoms with van der Waals surface area (Å²) in [6.07, 6.45) is 4.89. The fraction of sp³-hybridized carbons (Fsp3) is 0.158. The van der Waals surface area contributed by atoms with E-state index in [-0.39, 0.29) is 17.8 Å². The van der Waals surface area contributed by atoms with Gasteiger partial charge in [0.1, 0.15) is 0 Å². The number of nitrogens with two attached hydrogens (primary N) is 1. The minimum atomic E-state index is -0.238. The third-order valence-corrected chi connectivity index (χ3v) is 3.67. The zero-order valence-electron chi connectivity index (χ0n) is 14.4. The van der Waals surface area contributed by atoms with E-state index in [1.54, 1.807) is 36.8 Å². The van der Waals surface area contributed by atoms with Crippen LogP contribution in [0.1, 0.15) is 46.8 Å². The van der Waals surface area contributed by atoms with E-state index in [2.05, 4.69) is 37.3 Å². The molecule has 130 valence electrons. The molecule has 0 aliphatic heterocycles. The van der Waals surface area contributed by atoms with Gasteiger partial charge < -0.3 is 11.1 Å². The van der Waals surface area contributed by atoms with E-state index in [1.165, 1.54) is 0 Å². The number of H-pyrrole nitrogens is 1. The van der Waals surface area contributed by atoms with Gasteiger partial charge in [0.25, 0.3) is 5.91 Å². The lowest BCUT2D eigenvalue weighted by atomic mass is 10.1. The molecule has 7 nitrogen and oxygen atoms in total. The highest BCUT2D eigenvalue weighted by molar-refractivity contribution is 6.04. The molecule has 0 aliphatic rings. The molecule has 0 radical (unpaired) electrons. The highest BCUT2D eigenvalue weighted by atomic mass is 16.1. The molecule has 4 N–H and O–H groups in total. The van der Waals surface area contributed by atoms with Crippen molar-refractivity contribution < 1.29 is 4.79 Å². The predicted molar refractivity (Wildman–Crippen MR) is 99.5 cm³/mol. The van der Waals surface area contributed by atoms with Gasteiger partial charge in [-0.05, 0) is 24.1 Å². The van der Waals surface area contributed by atoms with E-state index < -0.39 is 0 Å². The molecule has 0 spiro atoms. The van der Waals surface area contributed by atoms with Crippen molar-refractivity contribution in [3.8, 4) is 11.8 Å². The molecule has 0 atom stereocenters. The third-order valence-electron chi connectivity index (χ3n) is 3.67. The Morgan fingerprint density at radius 3 is 2.65 bits per heavy atom. The number of nitrogens with one attached hydrogen (secondary N) is 2. The van der Waals surface area contributed by atoms with Crippen LogP contribution in [-0.4, -0.2) is 26.1 Å². The van der Waals surface area contributed by atoms with Crippen LogP contribution < -0.4 is 11.1 Å². The molecule has 26 heavy (non-hydrogen) atoms. The number of carbonyl (C=O) groups excluding carboxylic acids is 1. The second-order valence-electron chi connectivity index (χ2n) is 5.96. The first-order chi connectivity index (χ1) is 12.5. The highest BCUT2D eigenvalue weighted by Gasteiger charge is 2.13. The Morgan fingerprint density at radius 2 is 1.92 bits per heavy atom. The van der Waals surface area contributed by atoms with E-state index in [4.69, 9.17) is 5.73 Å². The van der Waals surface area contributed by atoms with Gasteiger partial charge in [0.05, 0.1) is 5.56 Å². The second kappa shape index (κ2) is 7.49. The molecule has 0 saturated heterocycles. The molecule has 0 unspecified atom stereocenters. The smallest absolute Gasteiger partial charge is 0.256 e. The van der Waals surface area contributed by atoms with Crippen molar-refractivity contribution in [2.45, 2.75) is 19.8 Å². The Kier molecular flexibility index (Phi) is 4.94. The number of anilines is 2. The summed E-state index contributed by atoms with van der Waals surface area (Å²) in [5.41, 5.74) is 8.26. The molecular weight excluding hydrogens is 328 g/mol. The van der Waals surface area contributed by atoms with Gasteiger partial charge in [0.2, 0.25) is 5.95 Å². The van der Waals surface area contributed by atoms with E-state index in [1.807, 2.05) is 19.9 Å². The molecule has 0 bridgehead atoms. The van der Waals surface area contributed by atoms with Crippen LogP contribution in [0.3, 0.4) is 0 Å². The number of benzene rings is 1. The summed E-state index contributed by atoms with van der Waals surface area (Å²) in [5, 5.41) is 9.71. The third kappa shape index (κ3) is 4.05. The van der Waals surface area contributed by atoms with Crippen LogP contribution >= 0.6 is 0 Å².